The van der Waals surface area contributed by atoms with E-state index in [2.05, 4.69) is 15.3 Å². The number of carbonyl (C=O) groups is 1. The highest BCUT2D eigenvalue weighted by molar-refractivity contribution is 5.97. The molecule has 0 saturated heterocycles. The quantitative estimate of drug-likeness (QED) is 0.805. The molecular formula is C13H19ClN4O. The molecule has 104 valence electrons. The van der Waals surface area contributed by atoms with Gasteiger partial charge in [-0.25, -0.2) is 4.98 Å². The number of aromatic nitrogens is 2. The van der Waals surface area contributed by atoms with Gasteiger partial charge in [0.05, 0.1) is 16.6 Å². The van der Waals surface area contributed by atoms with Gasteiger partial charge in [-0.2, -0.15) is 0 Å². The lowest BCUT2D eigenvalue weighted by Gasteiger charge is -2.21. The molecule has 1 heterocycles. The fourth-order valence-corrected chi connectivity index (χ4v) is 1.90. The van der Waals surface area contributed by atoms with Gasteiger partial charge in [-0.3, -0.25) is 10.1 Å². The first kappa shape index (κ1) is 15.5. The lowest BCUT2D eigenvalue weighted by Crippen LogP contribution is -2.48. The Kier molecular flexibility index (Phi) is 4.91. The van der Waals surface area contributed by atoms with E-state index in [-0.39, 0.29) is 18.3 Å². The number of imidazole rings is 1. The van der Waals surface area contributed by atoms with Crippen LogP contribution in [0.25, 0.3) is 11.0 Å². The fraction of sp³-hybridized carbons (Fsp3) is 0.385. The summed E-state index contributed by atoms with van der Waals surface area (Å²) in [6.07, 6.45) is 1.50. The molecule has 0 bridgehead atoms. The molecular weight excluding hydrogens is 264 g/mol. The molecule has 1 aromatic carbocycles. The highest BCUT2D eigenvalue weighted by atomic mass is 35.5. The van der Waals surface area contributed by atoms with Crippen molar-refractivity contribution in [3.05, 3.63) is 24.3 Å². The van der Waals surface area contributed by atoms with Crippen LogP contribution < -0.4 is 11.1 Å². The topological polar surface area (TPSA) is 83.8 Å². The molecule has 0 aliphatic carbocycles. The van der Waals surface area contributed by atoms with Crippen molar-refractivity contribution in [1.29, 1.82) is 0 Å². The minimum Gasteiger partial charge on any atom is -0.324 e. The molecule has 0 aliphatic rings. The second-order valence-electron chi connectivity index (χ2n) is 4.72. The number of benzene rings is 1. The Morgan fingerprint density at radius 2 is 2.16 bits per heavy atom. The molecule has 6 heteroatoms. The van der Waals surface area contributed by atoms with Crippen molar-refractivity contribution in [2.75, 3.05) is 5.32 Å². The first-order valence-electron chi connectivity index (χ1n) is 6.08. The molecule has 0 aliphatic heterocycles. The lowest BCUT2D eigenvalue weighted by atomic mass is 9.97. The van der Waals surface area contributed by atoms with E-state index >= 15 is 0 Å². The Hall–Kier alpha value is -1.59. The van der Waals surface area contributed by atoms with E-state index < -0.39 is 5.54 Å². The van der Waals surface area contributed by atoms with Gasteiger partial charge in [0.15, 0.2) is 0 Å². The molecule has 2 rings (SSSR count). The van der Waals surface area contributed by atoms with Crippen LogP contribution in [0.2, 0.25) is 0 Å². The van der Waals surface area contributed by atoms with Crippen molar-refractivity contribution in [3.63, 3.8) is 0 Å². The van der Waals surface area contributed by atoms with Gasteiger partial charge in [-0.1, -0.05) is 25.5 Å². The molecule has 4 N–H and O–H groups in total. The molecule has 5 nitrogen and oxygen atoms in total. The van der Waals surface area contributed by atoms with E-state index in [0.717, 1.165) is 17.5 Å². The van der Waals surface area contributed by atoms with Crippen LogP contribution >= 0.6 is 12.4 Å². The molecule has 0 spiro atoms. The number of amides is 1. The first-order valence-corrected chi connectivity index (χ1v) is 6.08. The number of fused-ring (bicyclic) bond motifs is 1. The predicted molar refractivity (Wildman–Crippen MR) is 79.5 cm³/mol. The van der Waals surface area contributed by atoms with Crippen molar-refractivity contribution >= 4 is 35.3 Å². The van der Waals surface area contributed by atoms with Crippen molar-refractivity contribution in [1.82, 2.24) is 9.97 Å². The summed E-state index contributed by atoms with van der Waals surface area (Å²) in [6.45, 7) is 3.73. The number of para-hydroxylation sites is 2. The van der Waals surface area contributed by atoms with E-state index in [0.29, 0.717) is 12.4 Å². The third-order valence-corrected chi connectivity index (χ3v) is 2.91. The summed E-state index contributed by atoms with van der Waals surface area (Å²) < 4.78 is 0. The van der Waals surface area contributed by atoms with Crippen LogP contribution in [0, 0.1) is 0 Å². The Balaban J connectivity index is 0.00000180. The molecule has 1 amide bonds. The molecule has 0 saturated carbocycles. The van der Waals surface area contributed by atoms with Crippen LogP contribution in [0.3, 0.4) is 0 Å². The number of H-pyrrole nitrogens is 1. The summed E-state index contributed by atoms with van der Waals surface area (Å²) in [4.78, 5) is 19.3. The maximum Gasteiger partial charge on any atom is 0.246 e. The predicted octanol–water partition coefficient (Wildman–Crippen LogP) is 2.44. The van der Waals surface area contributed by atoms with Crippen LogP contribution in [0.1, 0.15) is 26.7 Å². The van der Waals surface area contributed by atoms with E-state index in [1.165, 1.54) is 0 Å². The average molecular weight is 283 g/mol. The summed E-state index contributed by atoms with van der Waals surface area (Å²) in [5.41, 5.74) is 6.80. The normalized spacial score (nSPS) is 13.6. The molecule has 0 radical (unpaired) electrons. The number of hydrogen-bond acceptors (Lipinski definition) is 3. The van der Waals surface area contributed by atoms with Crippen LogP contribution in [-0.2, 0) is 4.79 Å². The number of nitrogens with one attached hydrogen (secondary N) is 2. The molecule has 1 unspecified atom stereocenters. The van der Waals surface area contributed by atoms with Gasteiger partial charge in [0, 0.05) is 0 Å². The standard InChI is InChI=1S/C13H18N4O.ClH/c1-3-8-13(2,14)11(18)17-12-15-9-6-4-5-7-10(9)16-12;/h4-7H,3,8,14H2,1-2H3,(H2,15,16,17,18);1H. The fourth-order valence-electron chi connectivity index (χ4n) is 1.90. The Bertz CT molecular complexity index is 532. The van der Waals surface area contributed by atoms with E-state index in [9.17, 15) is 4.79 Å². The van der Waals surface area contributed by atoms with E-state index in [1.807, 2.05) is 31.2 Å². The third-order valence-electron chi connectivity index (χ3n) is 2.91. The van der Waals surface area contributed by atoms with Gasteiger partial charge in [0.1, 0.15) is 0 Å². The van der Waals surface area contributed by atoms with Crippen LogP contribution in [0.5, 0.6) is 0 Å². The number of aromatic amines is 1. The van der Waals surface area contributed by atoms with Crippen LogP contribution in [-0.4, -0.2) is 21.4 Å². The number of anilines is 1. The van der Waals surface area contributed by atoms with Gasteiger partial charge >= 0.3 is 0 Å². The number of nitrogens with zero attached hydrogens (tertiary/aromatic N) is 1. The maximum atomic E-state index is 12.0. The SMILES string of the molecule is CCCC(C)(N)C(=O)Nc1nc2ccccc2[nH]1.Cl. The van der Waals surface area contributed by atoms with Gasteiger partial charge in [0.2, 0.25) is 11.9 Å². The minimum absolute atomic E-state index is 0. The first-order chi connectivity index (χ1) is 8.53. The monoisotopic (exact) mass is 282 g/mol. The lowest BCUT2D eigenvalue weighted by molar-refractivity contribution is -0.120. The zero-order valence-electron chi connectivity index (χ0n) is 11.1. The smallest absolute Gasteiger partial charge is 0.246 e. The second kappa shape index (κ2) is 6.04. The van der Waals surface area contributed by atoms with Gasteiger partial charge in [0.25, 0.3) is 0 Å². The number of nitrogens with two attached hydrogens (primary N) is 1. The summed E-state index contributed by atoms with van der Waals surface area (Å²) in [6, 6.07) is 7.61. The van der Waals surface area contributed by atoms with Gasteiger partial charge in [-0.15, -0.1) is 12.4 Å². The van der Waals surface area contributed by atoms with E-state index in [1.54, 1.807) is 6.92 Å². The summed E-state index contributed by atoms with van der Waals surface area (Å²) in [5.74, 6) is 0.220. The van der Waals surface area contributed by atoms with Crippen LogP contribution in [0.4, 0.5) is 5.95 Å². The summed E-state index contributed by atoms with van der Waals surface area (Å²) in [7, 11) is 0. The number of carbonyl (C=O) groups excluding carboxylic acids is 1. The number of halogens is 1. The van der Waals surface area contributed by atoms with E-state index in [4.69, 9.17) is 5.73 Å². The second-order valence-corrected chi connectivity index (χ2v) is 4.72. The molecule has 19 heavy (non-hydrogen) atoms. The molecule has 1 atom stereocenters. The zero-order chi connectivity index (χ0) is 13.2. The highest BCUT2D eigenvalue weighted by Gasteiger charge is 2.27. The summed E-state index contributed by atoms with van der Waals surface area (Å²) in [5, 5.41) is 2.73. The Labute approximate surface area is 118 Å². The average Bonchev–Trinajstić information content (AvgIpc) is 2.70. The van der Waals surface area contributed by atoms with Crippen molar-refractivity contribution < 1.29 is 4.79 Å². The van der Waals surface area contributed by atoms with Crippen molar-refractivity contribution in [2.24, 2.45) is 5.73 Å². The largest absolute Gasteiger partial charge is 0.324 e. The Morgan fingerprint density at radius 1 is 1.47 bits per heavy atom. The maximum absolute atomic E-state index is 12.0. The Morgan fingerprint density at radius 3 is 2.79 bits per heavy atom. The minimum atomic E-state index is -0.867. The van der Waals surface area contributed by atoms with Gasteiger partial charge < -0.3 is 10.7 Å². The molecule has 2 aromatic rings. The number of rotatable bonds is 4. The molecule has 1 aromatic heterocycles. The van der Waals surface area contributed by atoms with Gasteiger partial charge in [-0.05, 0) is 25.5 Å². The van der Waals surface area contributed by atoms with Crippen molar-refractivity contribution in [3.8, 4) is 0 Å². The zero-order valence-corrected chi connectivity index (χ0v) is 11.9. The van der Waals surface area contributed by atoms with Crippen molar-refractivity contribution in [2.45, 2.75) is 32.2 Å². The molecule has 0 fully saturated rings. The highest BCUT2D eigenvalue weighted by Crippen LogP contribution is 2.15. The third kappa shape index (κ3) is 3.45. The summed E-state index contributed by atoms with van der Waals surface area (Å²) >= 11 is 0. The van der Waals surface area contributed by atoms with Crippen LogP contribution in [0.15, 0.2) is 24.3 Å². The number of hydrogen-bond donors (Lipinski definition) is 3.